The van der Waals surface area contributed by atoms with Crippen LogP contribution in [0.4, 0.5) is 4.79 Å². The number of urea groups is 1. The molecule has 0 bridgehead atoms. The SMILES string of the molecule is CC(=O)c1ccc(OC[C@H](O)CN2C(=O)N[C@@]3(CCc4ccccc43)C2=O)cc1. The predicted octanol–water partition coefficient (Wildman–Crippen LogP) is 2.02. The molecule has 1 saturated heterocycles. The van der Waals surface area contributed by atoms with Gasteiger partial charge in [-0.05, 0) is 55.2 Å². The summed E-state index contributed by atoms with van der Waals surface area (Å²) in [6, 6.07) is 13.7. The van der Waals surface area contributed by atoms with Gasteiger partial charge in [0, 0.05) is 5.56 Å². The predicted molar refractivity (Wildman–Crippen MR) is 105 cm³/mol. The Morgan fingerprint density at radius 2 is 1.93 bits per heavy atom. The van der Waals surface area contributed by atoms with E-state index >= 15 is 0 Å². The van der Waals surface area contributed by atoms with Crippen molar-refractivity contribution in [1.29, 1.82) is 0 Å². The summed E-state index contributed by atoms with van der Waals surface area (Å²) >= 11 is 0. The second kappa shape index (κ2) is 7.33. The molecule has 2 aromatic rings. The van der Waals surface area contributed by atoms with Crippen molar-refractivity contribution in [2.45, 2.75) is 31.4 Å². The van der Waals surface area contributed by atoms with Gasteiger partial charge in [0.15, 0.2) is 5.78 Å². The van der Waals surface area contributed by atoms with E-state index in [-0.39, 0.29) is 24.8 Å². The van der Waals surface area contributed by atoms with Crippen LogP contribution >= 0.6 is 0 Å². The van der Waals surface area contributed by atoms with Gasteiger partial charge in [-0.2, -0.15) is 0 Å². The third-order valence-electron chi connectivity index (χ3n) is 5.52. The Kier molecular flexibility index (Phi) is 4.84. The van der Waals surface area contributed by atoms with E-state index in [2.05, 4.69) is 5.32 Å². The van der Waals surface area contributed by atoms with Crippen LogP contribution in [0.5, 0.6) is 5.75 Å². The fraction of sp³-hybridized carbons (Fsp3) is 0.318. The number of aryl methyl sites for hydroxylation is 1. The molecule has 4 rings (SSSR count). The number of rotatable bonds is 6. The minimum absolute atomic E-state index is 0.0439. The Morgan fingerprint density at radius 3 is 2.66 bits per heavy atom. The number of hydrogen-bond acceptors (Lipinski definition) is 5. The average Bonchev–Trinajstić information content (AvgIpc) is 3.20. The second-order valence-electron chi connectivity index (χ2n) is 7.45. The van der Waals surface area contributed by atoms with Crippen molar-refractivity contribution in [3.63, 3.8) is 0 Å². The molecule has 1 fully saturated rings. The molecule has 150 valence electrons. The molecule has 2 atom stereocenters. The van der Waals surface area contributed by atoms with Gasteiger partial charge in [0.25, 0.3) is 5.91 Å². The van der Waals surface area contributed by atoms with Crippen LogP contribution in [0.2, 0.25) is 0 Å². The number of carbonyl (C=O) groups excluding carboxylic acids is 3. The number of ether oxygens (including phenoxy) is 1. The van der Waals surface area contributed by atoms with Gasteiger partial charge in [-0.3, -0.25) is 14.5 Å². The number of aliphatic hydroxyl groups excluding tert-OH is 1. The van der Waals surface area contributed by atoms with Crippen LogP contribution in [-0.2, 0) is 16.8 Å². The highest BCUT2D eigenvalue weighted by molar-refractivity contribution is 6.08. The fourth-order valence-corrected chi connectivity index (χ4v) is 4.00. The van der Waals surface area contributed by atoms with Gasteiger partial charge >= 0.3 is 6.03 Å². The lowest BCUT2D eigenvalue weighted by molar-refractivity contribution is -0.132. The summed E-state index contributed by atoms with van der Waals surface area (Å²) in [5, 5.41) is 13.2. The number of Topliss-reactive ketones (excluding diaryl/α,β-unsaturated/α-hetero) is 1. The summed E-state index contributed by atoms with van der Waals surface area (Å²) in [4.78, 5) is 37.9. The number of ketones is 1. The normalized spacial score (nSPS) is 21.2. The van der Waals surface area contributed by atoms with Crippen molar-refractivity contribution in [2.75, 3.05) is 13.2 Å². The molecule has 1 spiro atoms. The molecular formula is C22H22N2O5. The minimum atomic E-state index is -1.04. The molecule has 0 radical (unpaired) electrons. The third kappa shape index (κ3) is 3.38. The molecule has 7 heteroatoms. The van der Waals surface area contributed by atoms with Crippen LogP contribution < -0.4 is 10.1 Å². The first-order valence-corrected chi connectivity index (χ1v) is 9.55. The van der Waals surface area contributed by atoms with Gasteiger partial charge in [0.05, 0.1) is 6.54 Å². The molecule has 0 unspecified atom stereocenters. The number of aliphatic hydroxyl groups is 1. The molecule has 0 saturated carbocycles. The Hall–Kier alpha value is -3.19. The Bertz CT molecular complexity index is 971. The smallest absolute Gasteiger partial charge is 0.325 e. The number of nitrogens with one attached hydrogen (secondary N) is 1. The highest BCUT2D eigenvalue weighted by Crippen LogP contribution is 2.41. The maximum absolute atomic E-state index is 13.1. The molecule has 2 aromatic carbocycles. The summed E-state index contributed by atoms with van der Waals surface area (Å²) in [6.45, 7) is 1.24. The van der Waals surface area contributed by atoms with Crippen LogP contribution in [0.25, 0.3) is 0 Å². The van der Waals surface area contributed by atoms with Crippen LogP contribution in [0.15, 0.2) is 48.5 Å². The highest BCUT2D eigenvalue weighted by Gasteiger charge is 2.55. The van der Waals surface area contributed by atoms with Crippen molar-refractivity contribution < 1.29 is 24.2 Å². The van der Waals surface area contributed by atoms with Crippen molar-refractivity contribution >= 4 is 17.7 Å². The molecule has 3 amide bonds. The summed E-state index contributed by atoms with van der Waals surface area (Å²) in [5.41, 5.74) is 1.42. The number of amides is 3. The van der Waals surface area contributed by atoms with Crippen molar-refractivity contribution in [3.05, 3.63) is 65.2 Å². The van der Waals surface area contributed by atoms with Gasteiger partial charge in [-0.25, -0.2) is 4.79 Å². The van der Waals surface area contributed by atoms with Gasteiger partial charge in [0.1, 0.15) is 24.0 Å². The monoisotopic (exact) mass is 394 g/mol. The van der Waals surface area contributed by atoms with E-state index in [1.807, 2.05) is 24.3 Å². The molecular weight excluding hydrogens is 372 g/mol. The zero-order valence-corrected chi connectivity index (χ0v) is 16.1. The number of imide groups is 1. The zero-order valence-electron chi connectivity index (χ0n) is 16.1. The van der Waals surface area contributed by atoms with Gasteiger partial charge < -0.3 is 15.2 Å². The third-order valence-corrected chi connectivity index (χ3v) is 5.52. The number of carbonyl (C=O) groups is 3. The maximum atomic E-state index is 13.1. The van der Waals surface area contributed by atoms with E-state index in [4.69, 9.17) is 4.74 Å². The Morgan fingerprint density at radius 1 is 1.21 bits per heavy atom. The van der Waals surface area contributed by atoms with E-state index in [1.54, 1.807) is 24.3 Å². The number of fused-ring (bicyclic) bond motifs is 2. The first-order chi connectivity index (χ1) is 13.9. The Labute approximate surface area is 168 Å². The van der Waals surface area contributed by atoms with Crippen molar-refractivity contribution in [3.8, 4) is 5.75 Å². The minimum Gasteiger partial charge on any atom is -0.491 e. The van der Waals surface area contributed by atoms with E-state index in [0.717, 1.165) is 22.4 Å². The van der Waals surface area contributed by atoms with Crippen molar-refractivity contribution in [1.82, 2.24) is 10.2 Å². The van der Waals surface area contributed by atoms with Crippen LogP contribution in [-0.4, -0.2) is 47.0 Å². The van der Waals surface area contributed by atoms with Crippen LogP contribution in [0.3, 0.4) is 0 Å². The lowest BCUT2D eigenvalue weighted by atomic mass is 9.92. The molecule has 7 nitrogen and oxygen atoms in total. The van der Waals surface area contributed by atoms with E-state index < -0.39 is 17.7 Å². The largest absolute Gasteiger partial charge is 0.491 e. The summed E-state index contributed by atoms with van der Waals surface area (Å²) in [7, 11) is 0. The zero-order chi connectivity index (χ0) is 20.6. The lowest BCUT2D eigenvalue weighted by Gasteiger charge is -2.23. The summed E-state index contributed by atoms with van der Waals surface area (Å²) < 4.78 is 5.53. The summed E-state index contributed by atoms with van der Waals surface area (Å²) in [6.07, 6.45) is 0.199. The molecule has 1 heterocycles. The summed E-state index contributed by atoms with van der Waals surface area (Å²) in [5.74, 6) is 0.113. The fourth-order valence-electron chi connectivity index (χ4n) is 4.00. The molecule has 0 aromatic heterocycles. The first-order valence-electron chi connectivity index (χ1n) is 9.55. The standard InChI is InChI=1S/C22H22N2O5/c1-14(25)15-6-8-18(9-7-15)29-13-17(26)12-24-20(27)22(23-21(24)28)11-10-16-4-2-3-5-19(16)22/h2-9,17,26H,10-13H2,1H3,(H,23,28)/t17-,22-/m1/s1. The molecule has 29 heavy (non-hydrogen) atoms. The van der Waals surface area contributed by atoms with Crippen molar-refractivity contribution in [2.24, 2.45) is 0 Å². The van der Waals surface area contributed by atoms with E-state index in [1.165, 1.54) is 6.92 Å². The number of benzene rings is 2. The first kappa shape index (κ1) is 19.1. The van der Waals surface area contributed by atoms with Gasteiger partial charge in [-0.15, -0.1) is 0 Å². The van der Waals surface area contributed by atoms with Crippen LogP contribution in [0, 0.1) is 0 Å². The topological polar surface area (TPSA) is 95.9 Å². The number of nitrogens with zero attached hydrogens (tertiary/aromatic N) is 1. The number of β-amino-alcohol motifs (C(OH)–C–C–N with tert-alkyl or cyclic N) is 1. The van der Waals surface area contributed by atoms with Gasteiger partial charge in [0.2, 0.25) is 0 Å². The second-order valence-corrected chi connectivity index (χ2v) is 7.45. The lowest BCUT2D eigenvalue weighted by Crippen LogP contribution is -2.43. The van der Waals surface area contributed by atoms with E-state index in [0.29, 0.717) is 17.7 Å². The number of hydrogen-bond donors (Lipinski definition) is 2. The average molecular weight is 394 g/mol. The molecule has 2 aliphatic rings. The molecule has 2 N–H and O–H groups in total. The molecule has 1 aliphatic carbocycles. The van der Waals surface area contributed by atoms with Crippen LogP contribution in [0.1, 0.15) is 34.8 Å². The maximum Gasteiger partial charge on any atom is 0.325 e. The molecule has 1 aliphatic heterocycles. The Balaban J connectivity index is 1.40. The highest BCUT2D eigenvalue weighted by atomic mass is 16.5. The van der Waals surface area contributed by atoms with E-state index in [9.17, 15) is 19.5 Å². The van der Waals surface area contributed by atoms with Gasteiger partial charge in [-0.1, -0.05) is 24.3 Å². The quantitative estimate of drug-likeness (QED) is 0.577.